The molecule has 4 N–H and O–H groups in total. The largest absolute Gasteiger partial charge is 1.00 e. The smallest absolute Gasteiger partial charge is 0.762 e. The molecule has 10 heteroatoms. The molecule has 0 aliphatic heterocycles. The molecule has 0 aliphatic rings. The minimum absolute atomic E-state index is 0. The van der Waals surface area contributed by atoms with Crippen molar-refractivity contribution in [2.75, 3.05) is 0 Å². The summed E-state index contributed by atoms with van der Waals surface area (Å²) in [6.07, 6.45) is 0. The molecule has 94 valence electrons. The number of hydrogen-bond donors (Lipinski definition) is 3. The summed E-state index contributed by atoms with van der Waals surface area (Å²) in [5.41, 5.74) is 5.74. The molecule has 0 spiro atoms. The summed E-state index contributed by atoms with van der Waals surface area (Å²) in [7, 11) is -4.69. The Hall–Kier alpha value is 0.220. The van der Waals surface area contributed by atoms with Crippen LogP contribution in [-0.4, -0.2) is 10.9 Å². The molecule has 0 saturated heterocycles. The molecule has 1 unspecified atom stereocenters. The third-order valence-corrected chi connectivity index (χ3v) is 2.94. The maximum Gasteiger partial charge on any atom is 1.00 e. The second-order valence-corrected chi connectivity index (χ2v) is 5.11. The van der Waals surface area contributed by atoms with Crippen molar-refractivity contribution in [3.05, 3.63) is 33.8 Å². The number of hydrogen-bond acceptors (Lipinski definition) is 3. The molecule has 0 radical (unpaired) electrons. The number of rotatable bonds is 3. The summed E-state index contributed by atoms with van der Waals surface area (Å²) < 4.78 is 10.4. The molecular formula is C8H9Cl2N3NaO3P. The number of halogens is 2. The van der Waals surface area contributed by atoms with E-state index in [1.54, 1.807) is 23.3 Å². The molecule has 0 fully saturated rings. The van der Waals surface area contributed by atoms with Crippen molar-refractivity contribution in [3.63, 3.8) is 0 Å². The summed E-state index contributed by atoms with van der Waals surface area (Å²) in [4.78, 5) is 22.6. The van der Waals surface area contributed by atoms with Crippen molar-refractivity contribution in [2.45, 2.75) is 6.54 Å². The van der Waals surface area contributed by atoms with E-state index in [9.17, 15) is 9.46 Å². The summed E-state index contributed by atoms with van der Waals surface area (Å²) >= 11 is 11.7. The van der Waals surface area contributed by atoms with Gasteiger partial charge in [-0.3, -0.25) is 9.65 Å². The third kappa shape index (κ3) is 6.41. The monoisotopic (exact) mass is 319 g/mol. The quantitative estimate of drug-likeness (QED) is 0.255. The van der Waals surface area contributed by atoms with Crippen LogP contribution in [-0.2, 0) is 11.1 Å². The van der Waals surface area contributed by atoms with Crippen LogP contribution < -0.4 is 45.3 Å². The van der Waals surface area contributed by atoms with Gasteiger partial charge in [-0.15, -0.1) is 0 Å². The molecule has 0 aromatic heterocycles. The van der Waals surface area contributed by atoms with Crippen molar-refractivity contribution >= 4 is 36.9 Å². The van der Waals surface area contributed by atoms with Gasteiger partial charge in [-0.05, 0) is 12.1 Å². The minimum Gasteiger partial charge on any atom is -0.762 e. The molecular weight excluding hydrogens is 311 g/mol. The SMILES string of the molecule is NC(=NCc1c(Cl)cccc1Cl)NP(=O)([O-])O.[Na+]. The van der Waals surface area contributed by atoms with Crippen molar-refractivity contribution in [1.82, 2.24) is 5.09 Å². The average Bonchev–Trinajstić information content (AvgIpc) is 2.14. The van der Waals surface area contributed by atoms with E-state index >= 15 is 0 Å². The number of nitrogens with zero attached hydrogens (tertiary/aromatic N) is 1. The Morgan fingerprint density at radius 3 is 2.44 bits per heavy atom. The van der Waals surface area contributed by atoms with Crippen molar-refractivity contribution in [3.8, 4) is 0 Å². The van der Waals surface area contributed by atoms with E-state index in [4.69, 9.17) is 33.8 Å². The predicted octanol–water partition coefficient (Wildman–Crippen LogP) is -2.14. The van der Waals surface area contributed by atoms with Gasteiger partial charge in [0.25, 0.3) is 0 Å². The molecule has 0 saturated carbocycles. The first kappa shape index (κ1) is 18.2. The predicted molar refractivity (Wildman–Crippen MR) is 64.7 cm³/mol. The Morgan fingerprint density at radius 2 is 2.00 bits per heavy atom. The van der Waals surface area contributed by atoms with Gasteiger partial charge < -0.3 is 15.5 Å². The maximum atomic E-state index is 10.4. The first-order chi connectivity index (χ1) is 7.79. The molecule has 1 atom stereocenters. The summed E-state index contributed by atoms with van der Waals surface area (Å²) in [6, 6.07) is 4.90. The van der Waals surface area contributed by atoms with Gasteiger partial charge in [-0.25, -0.2) is 4.99 Å². The van der Waals surface area contributed by atoms with Gasteiger partial charge in [-0.1, -0.05) is 29.3 Å². The van der Waals surface area contributed by atoms with Crippen LogP contribution in [0.15, 0.2) is 23.2 Å². The van der Waals surface area contributed by atoms with Crippen LogP contribution in [0, 0.1) is 0 Å². The van der Waals surface area contributed by atoms with Crippen molar-refractivity contribution in [2.24, 2.45) is 10.7 Å². The third-order valence-electron chi connectivity index (χ3n) is 1.73. The zero-order chi connectivity index (χ0) is 13.1. The first-order valence-corrected chi connectivity index (χ1v) is 6.68. The molecule has 18 heavy (non-hydrogen) atoms. The van der Waals surface area contributed by atoms with Crippen LogP contribution in [0.4, 0.5) is 0 Å². The zero-order valence-corrected chi connectivity index (χ0v) is 13.8. The molecule has 0 bridgehead atoms. The zero-order valence-electron chi connectivity index (χ0n) is 9.43. The second kappa shape index (κ2) is 7.72. The average molecular weight is 320 g/mol. The van der Waals surface area contributed by atoms with Gasteiger partial charge in [0.15, 0.2) is 5.96 Å². The van der Waals surface area contributed by atoms with E-state index in [2.05, 4.69) is 4.99 Å². The van der Waals surface area contributed by atoms with Crippen LogP contribution in [0.3, 0.4) is 0 Å². The number of aliphatic imine (C=N–C) groups is 1. The van der Waals surface area contributed by atoms with E-state index in [1.807, 2.05) is 0 Å². The summed E-state index contributed by atoms with van der Waals surface area (Å²) in [6.45, 7) is -0.00264. The van der Waals surface area contributed by atoms with Crippen LogP contribution in [0.5, 0.6) is 0 Å². The van der Waals surface area contributed by atoms with E-state index in [-0.39, 0.29) is 36.1 Å². The van der Waals surface area contributed by atoms with E-state index in [1.165, 1.54) is 0 Å². The molecule has 1 aromatic rings. The van der Waals surface area contributed by atoms with Gasteiger partial charge in [-0.2, -0.15) is 0 Å². The first-order valence-electron chi connectivity index (χ1n) is 4.34. The molecule has 0 heterocycles. The van der Waals surface area contributed by atoms with Gasteiger partial charge in [0.1, 0.15) is 0 Å². The van der Waals surface area contributed by atoms with Crippen LogP contribution in [0.25, 0.3) is 0 Å². The Balaban J connectivity index is 0.00000289. The van der Waals surface area contributed by atoms with Crippen molar-refractivity contribution < 1.29 is 43.9 Å². The van der Waals surface area contributed by atoms with E-state index in [0.29, 0.717) is 15.6 Å². The summed E-state index contributed by atoms with van der Waals surface area (Å²) in [5.74, 6) is -0.443. The van der Waals surface area contributed by atoms with Gasteiger partial charge >= 0.3 is 29.6 Å². The number of benzene rings is 1. The Morgan fingerprint density at radius 1 is 1.50 bits per heavy atom. The Kier molecular flexibility index (Phi) is 7.82. The maximum absolute atomic E-state index is 10.4. The second-order valence-electron chi connectivity index (χ2n) is 3.03. The standard InChI is InChI=1S/C8H10Cl2N3O3P.Na/c9-6-2-1-3-7(10)5(6)4-12-8(11)13-17(14,15)16;/h1-3H,4H2,(H5,11,12,13,14,15,16);/q;+1/p-1. The Bertz CT molecular complexity index is 474. The number of nitrogens with one attached hydrogen (secondary N) is 1. The van der Waals surface area contributed by atoms with Crippen LogP contribution in [0.1, 0.15) is 5.56 Å². The van der Waals surface area contributed by atoms with Gasteiger partial charge in [0, 0.05) is 15.6 Å². The van der Waals surface area contributed by atoms with Gasteiger partial charge in [0.05, 0.1) is 6.54 Å². The summed E-state index contributed by atoms with van der Waals surface area (Å²) in [5, 5.41) is 2.41. The van der Waals surface area contributed by atoms with E-state index in [0.717, 1.165) is 0 Å². The fourth-order valence-electron chi connectivity index (χ4n) is 1.03. The van der Waals surface area contributed by atoms with Crippen molar-refractivity contribution in [1.29, 1.82) is 0 Å². The Labute approximate surface area is 136 Å². The van der Waals surface area contributed by atoms with Crippen LogP contribution >= 0.6 is 30.9 Å². The fourth-order valence-corrected chi connectivity index (χ4v) is 1.90. The van der Waals surface area contributed by atoms with E-state index < -0.39 is 13.7 Å². The minimum atomic E-state index is -4.69. The molecule has 0 amide bonds. The topological polar surface area (TPSA) is 111 Å². The fraction of sp³-hybridized carbons (Fsp3) is 0.125. The van der Waals surface area contributed by atoms with Crippen LogP contribution in [0.2, 0.25) is 10.0 Å². The number of nitrogens with two attached hydrogens (primary N) is 1. The number of guanidine groups is 1. The van der Waals surface area contributed by atoms with Gasteiger partial charge in [0.2, 0.25) is 7.75 Å². The molecule has 1 rings (SSSR count). The molecule has 0 aliphatic carbocycles. The molecule has 6 nitrogen and oxygen atoms in total. The normalized spacial score (nSPS) is 14.6. The molecule has 1 aromatic carbocycles.